The lowest BCUT2D eigenvalue weighted by Gasteiger charge is -2.14. The van der Waals surface area contributed by atoms with E-state index in [4.69, 9.17) is 11.6 Å². The average molecular weight is 289 g/mol. The maximum absolute atomic E-state index is 13.8. The molecule has 0 N–H and O–H groups in total. The highest BCUT2D eigenvalue weighted by atomic mass is 35.5. The highest BCUT2D eigenvalue weighted by molar-refractivity contribution is 6.23. The van der Waals surface area contributed by atoms with Crippen molar-refractivity contribution in [3.05, 3.63) is 83.4 Å². The van der Waals surface area contributed by atoms with Crippen molar-refractivity contribution in [1.29, 1.82) is 0 Å². The number of hydrogen-bond acceptors (Lipinski definition) is 0. The van der Waals surface area contributed by atoms with E-state index in [0.29, 0.717) is 5.39 Å². The monoisotopic (exact) mass is 288 g/mol. The summed E-state index contributed by atoms with van der Waals surface area (Å²) in [4.78, 5) is 0. The van der Waals surface area contributed by atoms with Gasteiger partial charge in [0.25, 0.3) is 0 Å². The fourth-order valence-corrected chi connectivity index (χ4v) is 2.65. The van der Waals surface area contributed by atoms with Crippen molar-refractivity contribution >= 4 is 22.4 Å². The van der Waals surface area contributed by atoms with E-state index in [2.05, 4.69) is 0 Å². The average Bonchev–Trinajstić information content (AvgIpc) is 2.48. The molecule has 0 fully saturated rings. The number of fused-ring (bicyclic) bond motifs is 1. The van der Waals surface area contributed by atoms with Crippen molar-refractivity contribution < 1.29 is 8.78 Å². The van der Waals surface area contributed by atoms with Crippen LogP contribution in [0.1, 0.15) is 16.5 Å². The van der Waals surface area contributed by atoms with Gasteiger partial charge in [0.15, 0.2) is 0 Å². The maximum Gasteiger partial charge on any atom is 0.131 e. The van der Waals surface area contributed by atoms with Gasteiger partial charge in [0.1, 0.15) is 11.6 Å². The highest BCUT2D eigenvalue weighted by Crippen LogP contribution is 2.34. The first-order valence-corrected chi connectivity index (χ1v) is 6.67. The molecule has 3 heteroatoms. The Bertz CT molecular complexity index is 751. The predicted octanol–water partition coefficient (Wildman–Crippen LogP) is 5.45. The third kappa shape index (κ3) is 2.27. The van der Waals surface area contributed by atoms with Gasteiger partial charge in [-0.1, -0.05) is 42.5 Å². The van der Waals surface area contributed by atoms with Crippen LogP contribution in [0.4, 0.5) is 8.78 Å². The zero-order valence-corrected chi connectivity index (χ0v) is 11.2. The Morgan fingerprint density at radius 2 is 1.40 bits per heavy atom. The van der Waals surface area contributed by atoms with Crippen LogP contribution >= 0.6 is 11.6 Å². The van der Waals surface area contributed by atoms with E-state index in [1.807, 2.05) is 12.1 Å². The van der Waals surface area contributed by atoms with Gasteiger partial charge in [-0.05, 0) is 34.7 Å². The second kappa shape index (κ2) is 5.22. The van der Waals surface area contributed by atoms with Crippen molar-refractivity contribution in [3.8, 4) is 0 Å². The van der Waals surface area contributed by atoms with Crippen molar-refractivity contribution in [1.82, 2.24) is 0 Å². The Morgan fingerprint density at radius 3 is 2.10 bits per heavy atom. The fourth-order valence-electron chi connectivity index (χ4n) is 2.32. The largest absolute Gasteiger partial charge is 0.207 e. The molecule has 0 saturated heterocycles. The fraction of sp³-hybridized carbons (Fsp3) is 0.0588. The van der Waals surface area contributed by atoms with E-state index in [0.717, 1.165) is 16.5 Å². The molecule has 0 bridgehead atoms. The quantitative estimate of drug-likeness (QED) is 0.550. The van der Waals surface area contributed by atoms with Gasteiger partial charge in [-0.25, -0.2) is 8.78 Å². The highest BCUT2D eigenvalue weighted by Gasteiger charge is 2.15. The normalized spacial score (nSPS) is 12.6. The Hall–Kier alpha value is -1.93. The molecule has 20 heavy (non-hydrogen) atoms. The van der Waals surface area contributed by atoms with Gasteiger partial charge in [0, 0.05) is 5.39 Å². The molecule has 3 aromatic rings. The minimum atomic E-state index is -0.443. The molecule has 0 heterocycles. The lowest BCUT2D eigenvalue weighted by atomic mass is 9.97. The molecular formula is C17H11ClF2. The predicted molar refractivity (Wildman–Crippen MR) is 78.0 cm³/mol. The molecule has 0 aliphatic heterocycles. The molecule has 3 rings (SSSR count). The second-order valence-electron chi connectivity index (χ2n) is 4.60. The van der Waals surface area contributed by atoms with Crippen LogP contribution in [-0.2, 0) is 0 Å². The van der Waals surface area contributed by atoms with Crippen LogP contribution in [0.15, 0.2) is 60.7 Å². The first-order valence-electron chi connectivity index (χ1n) is 6.23. The third-order valence-corrected chi connectivity index (χ3v) is 3.83. The van der Waals surface area contributed by atoms with Gasteiger partial charge in [-0.3, -0.25) is 0 Å². The van der Waals surface area contributed by atoms with E-state index in [1.165, 1.54) is 18.2 Å². The smallest absolute Gasteiger partial charge is 0.131 e. The summed E-state index contributed by atoms with van der Waals surface area (Å²) in [5.74, 6) is -0.575. The summed E-state index contributed by atoms with van der Waals surface area (Å²) < 4.78 is 26.8. The zero-order valence-electron chi connectivity index (χ0n) is 10.5. The summed E-state index contributed by atoms with van der Waals surface area (Å²) in [5, 5.41) is 0.871. The minimum absolute atomic E-state index is 0.271. The van der Waals surface area contributed by atoms with Crippen LogP contribution < -0.4 is 0 Å². The number of halogens is 3. The molecule has 0 aromatic heterocycles. The summed E-state index contributed by atoms with van der Waals surface area (Å²) in [5.41, 5.74) is 1.60. The Kier molecular flexibility index (Phi) is 3.41. The lowest BCUT2D eigenvalue weighted by Crippen LogP contribution is -1.96. The molecule has 0 spiro atoms. The standard InChI is InChI=1S/C17H11ClF2/c18-17(11-5-7-12(19)8-6-11)15-9-10-16(20)14-4-2-1-3-13(14)15/h1-10,17H. The van der Waals surface area contributed by atoms with Crippen LogP contribution in [0.2, 0.25) is 0 Å². The Morgan fingerprint density at radius 1 is 0.750 bits per heavy atom. The Balaban J connectivity index is 2.14. The van der Waals surface area contributed by atoms with Crippen molar-refractivity contribution in [2.24, 2.45) is 0 Å². The van der Waals surface area contributed by atoms with Crippen LogP contribution in [0.25, 0.3) is 10.8 Å². The van der Waals surface area contributed by atoms with E-state index in [-0.39, 0.29) is 11.6 Å². The molecule has 0 aliphatic carbocycles. The summed E-state index contributed by atoms with van der Waals surface area (Å²) in [6, 6.07) is 16.3. The van der Waals surface area contributed by atoms with E-state index in [1.54, 1.807) is 30.3 Å². The van der Waals surface area contributed by atoms with Gasteiger partial charge in [-0.2, -0.15) is 0 Å². The number of hydrogen-bond donors (Lipinski definition) is 0. The first-order chi connectivity index (χ1) is 9.66. The second-order valence-corrected chi connectivity index (χ2v) is 5.03. The summed E-state index contributed by atoms with van der Waals surface area (Å²) in [6.45, 7) is 0. The number of alkyl halides is 1. The summed E-state index contributed by atoms with van der Waals surface area (Å²) in [6.07, 6.45) is 0. The topological polar surface area (TPSA) is 0 Å². The molecule has 0 aliphatic rings. The van der Waals surface area contributed by atoms with Crippen LogP contribution in [-0.4, -0.2) is 0 Å². The van der Waals surface area contributed by atoms with Gasteiger partial charge in [-0.15, -0.1) is 11.6 Å². The van der Waals surface area contributed by atoms with E-state index >= 15 is 0 Å². The molecular weight excluding hydrogens is 278 g/mol. The number of benzene rings is 3. The molecule has 3 aromatic carbocycles. The van der Waals surface area contributed by atoms with Crippen LogP contribution in [0, 0.1) is 11.6 Å². The third-order valence-electron chi connectivity index (χ3n) is 3.34. The van der Waals surface area contributed by atoms with E-state index < -0.39 is 5.38 Å². The number of rotatable bonds is 2. The maximum atomic E-state index is 13.8. The molecule has 100 valence electrons. The summed E-state index contributed by atoms with van der Waals surface area (Å²) in [7, 11) is 0. The SMILES string of the molecule is Fc1ccc(C(Cl)c2ccc(F)c3ccccc23)cc1. The minimum Gasteiger partial charge on any atom is -0.207 e. The van der Waals surface area contributed by atoms with Gasteiger partial charge >= 0.3 is 0 Å². The van der Waals surface area contributed by atoms with Crippen LogP contribution in [0.5, 0.6) is 0 Å². The molecule has 1 atom stereocenters. The molecule has 0 radical (unpaired) electrons. The zero-order chi connectivity index (χ0) is 14.1. The van der Waals surface area contributed by atoms with Gasteiger partial charge < -0.3 is 0 Å². The summed E-state index contributed by atoms with van der Waals surface area (Å²) >= 11 is 6.47. The van der Waals surface area contributed by atoms with Crippen LogP contribution in [0.3, 0.4) is 0 Å². The molecule has 1 unspecified atom stereocenters. The van der Waals surface area contributed by atoms with Crippen molar-refractivity contribution in [2.45, 2.75) is 5.38 Å². The molecule has 0 amide bonds. The van der Waals surface area contributed by atoms with Gasteiger partial charge in [0.05, 0.1) is 5.38 Å². The Labute approximate surface area is 120 Å². The van der Waals surface area contributed by atoms with Crippen molar-refractivity contribution in [2.75, 3.05) is 0 Å². The first kappa shape index (κ1) is 13.1. The van der Waals surface area contributed by atoms with Gasteiger partial charge in [0.2, 0.25) is 0 Å². The molecule has 0 saturated carbocycles. The van der Waals surface area contributed by atoms with Crippen molar-refractivity contribution in [3.63, 3.8) is 0 Å². The van der Waals surface area contributed by atoms with E-state index in [9.17, 15) is 8.78 Å². The molecule has 0 nitrogen and oxygen atoms in total. The lowest BCUT2D eigenvalue weighted by molar-refractivity contribution is 0.627.